The molecule has 10 heteroatoms. The molecule has 0 bridgehead atoms. The largest absolute Gasteiger partial charge is 0.444 e. The molecule has 1 fully saturated rings. The minimum absolute atomic E-state index is 0.0607. The van der Waals surface area contributed by atoms with E-state index in [2.05, 4.69) is 4.98 Å². The number of nitrogens with zero attached hydrogens (tertiary/aromatic N) is 3. The van der Waals surface area contributed by atoms with Crippen LogP contribution in [-0.4, -0.2) is 46.9 Å². The van der Waals surface area contributed by atoms with Gasteiger partial charge in [-0.2, -0.15) is 0 Å². The van der Waals surface area contributed by atoms with Crippen LogP contribution in [0.4, 0.5) is 22.0 Å². The predicted molar refractivity (Wildman–Crippen MR) is 97.2 cm³/mol. The summed E-state index contributed by atoms with van der Waals surface area (Å²) in [5.74, 6) is -10.8. The second-order valence-corrected chi connectivity index (χ2v) is 8.24. The van der Waals surface area contributed by atoms with E-state index >= 15 is 0 Å². The number of oxazole rings is 1. The first-order chi connectivity index (χ1) is 14.0. The van der Waals surface area contributed by atoms with Crippen molar-refractivity contribution in [3.8, 4) is 0 Å². The summed E-state index contributed by atoms with van der Waals surface area (Å²) in [5.41, 5.74) is -1.62. The number of halogens is 5. The highest BCUT2D eigenvalue weighted by Crippen LogP contribution is 2.25. The topological polar surface area (TPSA) is 49.6 Å². The lowest BCUT2D eigenvalue weighted by Gasteiger charge is -2.22. The van der Waals surface area contributed by atoms with E-state index < -0.39 is 40.6 Å². The Kier molecular flexibility index (Phi) is 6.16. The Hall–Kier alpha value is -2.49. The van der Waals surface area contributed by atoms with Crippen LogP contribution in [0.25, 0.3) is 0 Å². The third-order valence-electron chi connectivity index (χ3n) is 4.95. The summed E-state index contributed by atoms with van der Waals surface area (Å²) in [6.45, 7) is 7.41. The quantitative estimate of drug-likeness (QED) is 0.419. The second-order valence-electron chi connectivity index (χ2n) is 8.24. The minimum atomic E-state index is -2.29. The van der Waals surface area contributed by atoms with E-state index in [9.17, 15) is 26.7 Å². The van der Waals surface area contributed by atoms with Crippen molar-refractivity contribution in [3.63, 3.8) is 0 Å². The van der Waals surface area contributed by atoms with Crippen LogP contribution in [0.15, 0.2) is 10.6 Å². The summed E-state index contributed by atoms with van der Waals surface area (Å²) < 4.78 is 73.8. The normalized spacial score (nSPS) is 16.1. The maximum atomic E-state index is 14.0. The molecule has 0 aliphatic carbocycles. The van der Waals surface area contributed by atoms with Crippen LogP contribution in [0.3, 0.4) is 0 Å². The smallest absolute Gasteiger partial charge is 0.260 e. The van der Waals surface area contributed by atoms with E-state index in [0.29, 0.717) is 31.9 Å². The van der Waals surface area contributed by atoms with Crippen molar-refractivity contribution >= 4 is 5.91 Å². The fourth-order valence-electron chi connectivity index (χ4n) is 3.20. The molecule has 1 saturated heterocycles. The summed E-state index contributed by atoms with van der Waals surface area (Å²) in [6.07, 6.45) is 2.11. The van der Waals surface area contributed by atoms with Gasteiger partial charge >= 0.3 is 0 Å². The monoisotopic (exact) mass is 431 g/mol. The summed E-state index contributed by atoms with van der Waals surface area (Å²) in [7, 11) is 0. The SMILES string of the molecule is CC(C)(C)c1cnc(CN2CCCN(C(=O)c3c(F)c(F)c(F)c(F)c3F)CC2)o1. The Balaban J connectivity index is 1.71. The van der Waals surface area contributed by atoms with Crippen LogP contribution in [0.1, 0.15) is 49.2 Å². The summed E-state index contributed by atoms with van der Waals surface area (Å²) >= 11 is 0. The zero-order valence-corrected chi connectivity index (χ0v) is 16.9. The van der Waals surface area contributed by atoms with Crippen molar-refractivity contribution in [2.24, 2.45) is 0 Å². The highest BCUT2D eigenvalue weighted by molar-refractivity contribution is 5.95. The van der Waals surface area contributed by atoms with Crippen LogP contribution < -0.4 is 0 Å². The molecule has 1 aliphatic rings. The van der Waals surface area contributed by atoms with Crippen molar-refractivity contribution in [1.82, 2.24) is 14.8 Å². The lowest BCUT2D eigenvalue weighted by molar-refractivity contribution is 0.0747. The molecule has 1 amide bonds. The van der Waals surface area contributed by atoms with Gasteiger partial charge < -0.3 is 9.32 Å². The summed E-state index contributed by atoms with van der Waals surface area (Å²) in [6, 6.07) is 0. The van der Waals surface area contributed by atoms with Gasteiger partial charge in [0.1, 0.15) is 11.3 Å². The number of carbonyl (C=O) groups excluding carboxylic acids is 1. The van der Waals surface area contributed by atoms with E-state index in [1.807, 2.05) is 25.7 Å². The zero-order valence-electron chi connectivity index (χ0n) is 16.9. The molecule has 5 nitrogen and oxygen atoms in total. The van der Waals surface area contributed by atoms with Gasteiger partial charge in [-0.15, -0.1) is 0 Å². The van der Waals surface area contributed by atoms with Crippen molar-refractivity contribution in [3.05, 3.63) is 52.5 Å². The molecule has 1 aromatic heterocycles. The van der Waals surface area contributed by atoms with Crippen LogP contribution in [0.2, 0.25) is 0 Å². The standard InChI is InChI=1S/C20H22F5N3O2/c1-20(2,3)11-9-26-12(30-11)10-27-5-4-6-28(8-7-27)19(29)13-14(21)16(23)18(25)17(24)15(13)22/h9H,4-8,10H2,1-3H3. The van der Waals surface area contributed by atoms with E-state index in [1.165, 1.54) is 0 Å². The number of amides is 1. The maximum Gasteiger partial charge on any atom is 0.260 e. The number of hydrogen-bond acceptors (Lipinski definition) is 4. The Morgan fingerprint density at radius 3 is 2.13 bits per heavy atom. The molecule has 0 spiro atoms. The van der Waals surface area contributed by atoms with Crippen LogP contribution in [0.5, 0.6) is 0 Å². The number of carbonyl (C=O) groups is 1. The molecule has 164 valence electrons. The van der Waals surface area contributed by atoms with E-state index in [-0.39, 0.29) is 18.5 Å². The van der Waals surface area contributed by atoms with Gasteiger partial charge in [-0.05, 0) is 6.42 Å². The van der Waals surface area contributed by atoms with E-state index in [0.717, 1.165) is 10.7 Å². The van der Waals surface area contributed by atoms with Crippen molar-refractivity contribution in [2.75, 3.05) is 26.2 Å². The van der Waals surface area contributed by atoms with Crippen molar-refractivity contribution in [2.45, 2.75) is 39.2 Å². The fourth-order valence-corrected chi connectivity index (χ4v) is 3.20. The molecule has 0 saturated carbocycles. The molecular weight excluding hydrogens is 409 g/mol. The van der Waals surface area contributed by atoms with Gasteiger partial charge in [-0.1, -0.05) is 20.8 Å². The first-order valence-corrected chi connectivity index (χ1v) is 9.49. The average molecular weight is 431 g/mol. The van der Waals surface area contributed by atoms with Gasteiger partial charge in [0.2, 0.25) is 11.7 Å². The molecule has 3 rings (SSSR count). The average Bonchev–Trinajstić information content (AvgIpc) is 3.04. The number of aromatic nitrogens is 1. The molecule has 0 atom stereocenters. The Bertz CT molecular complexity index is 926. The molecule has 2 heterocycles. The number of benzene rings is 1. The molecule has 30 heavy (non-hydrogen) atoms. The van der Waals surface area contributed by atoms with E-state index in [4.69, 9.17) is 4.42 Å². The van der Waals surface area contributed by atoms with Gasteiger partial charge in [0.15, 0.2) is 23.3 Å². The minimum Gasteiger partial charge on any atom is -0.444 e. The predicted octanol–water partition coefficient (Wildman–Crippen LogP) is 4.02. The van der Waals surface area contributed by atoms with Gasteiger partial charge in [0.05, 0.1) is 12.7 Å². The highest BCUT2D eigenvalue weighted by atomic mass is 19.2. The third kappa shape index (κ3) is 4.33. The van der Waals surface area contributed by atoms with Gasteiger partial charge in [0.25, 0.3) is 5.91 Å². The highest BCUT2D eigenvalue weighted by Gasteiger charge is 2.33. The Labute approximate surface area is 170 Å². The van der Waals surface area contributed by atoms with Gasteiger partial charge in [0, 0.05) is 31.6 Å². The third-order valence-corrected chi connectivity index (χ3v) is 4.95. The molecule has 0 unspecified atom stereocenters. The number of hydrogen-bond donors (Lipinski definition) is 0. The first kappa shape index (κ1) is 22.2. The lowest BCUT2D eigenvalue weighted by atomic mass is 9.94. The van der Waals surface area contributed by atoms with Crippen LogP contribution >= 0.6 is 0 Å². The summed E-state index contributed by atoms with van der Waals surface area (Å²) in [5, 5.41) is 0. The molecule has 1 aliphatic heterocycles. The molecule has 2 aromatic rings. The Morgan fingerprint density at radius 1 is 0.967 bits per heavy atom. The number of rotatable bonds is 3. The zero-order chi connectivity index (χ0) is 22.2. The van der Waals surface area contributed by atoms with Crippen LogP contribution in [-0.2, 0) is 12.0 Å². The molecular formula is C20H22F5N3O2. The van der Waals surface area contributed by atoms with Gasteiger partial charge in [-0.3, -0.25) is 9.69 Å². The van der Waals surface area contributed by atoms with Gasteiger partial charge in [-0.25, -0.2) is 26.9 Å². The van der Waals surface area contributed by atoms with Crippen LogP contribution in [0, 0.1) is 29.1 Å². The van der Waals surface area contributed by atoms with E-state index in [1.54, 1.807) is 6.20 Å². The lowest BCUT2D eigenvalue weighted by Crippen LogP contribution is -2.36. The van der Waals surface area contributed by atoms with Crippen molar-refractivity contribution < 1.29 is 31.2 Å². The molecule has 0 radical (unpaired) electrons. The first-order valence-electron chi connectivity index (χ1n) is 9.49. The second kappa shape index (κ2) is 8.33. The maximum absolute atomic E-state index is 14.0. The Morgan fingerprint density at radius 2 is 1.57 bits per heavy atom. The molecule has 0 N–H and O–H groups in total. The summed E-state index contributed by atoms with van der Waals surface area (Å²) in [4.78, 5) is 19.8. The fraction of sp³-hybridized carbons (Fsp3) is 0.500. The molecule has 1 aromatic carbocycles. The van der Waals surface area contributed by atoms with Crippen molar-refractivity contribution in [1.29, 1.82) is 0 Å².